The lowest BCUT2D eigenvalue weighted by Crippen LogP contribution is -2.19. The summed E-state index contributed by atoms with van der Waals surface area (Å²) in [6.45, 7) is 2.04. The minimum atomic E-state index is -0.569. The van der Waals surface area contributed by atoms with Gasteiger partial charge in [-0.3, -0.25) is 9.59 Å². The van der Waals surface area contributed by atoms with Crippen LogP contribution in [0.2, 0.25) is 0 Å². The lowest BCUT2D eigenvalue weighted by molar-refractivity contribution is -0.115. The van der Waals surface area contributed by atoms with Gasteiger partial charge >= 0.3 is 5.97 Å². The Hall–Kier alpha value is -4.56. The van der Waals surface area contributed by atoms with Crippen LogP contribution in [-0.2, 0) is 9.53 Å². The smallest absolute Gasteiger partial charge is 0.338 e. The van der Waals surface area contributed by atoms with Gasteiger partial charge in [0.15, 0.2) is 0 Å². The summed E-state index contributed by atoms with van der Waals surface area (Å²) in [6.07, 6.45) is 0. The van der Waals surface area contributed by atoms with Gasteiger partial charge in [0.05, 0.1) is 19.3 Å². The summed E-state index contributed by atoms with van der Waals surface area (Å²) in [4.78, 5) is 39.0. The maximum absolute atomic E-state index is 13.4. The molecule has 0 aliphatic heterocycles. The van der Waals surface area contributed by atoms with Crippen LogP contribution in [0, 0.1) is 0 Å². The number of esters is 1. The highest BCUT2D eigenvalue weighted by Crippen LogP contribution is 2.37. The van der Waals surface area contributed by atoms with Gasteiger partial charge in [-0.2, -0.15) is 0 Å². The normalized spacial score (nSPS) is 11.2. The molecular formula is C31H28N2O5S. The van der Waals surface area contributed by atoms with E-state index in [1.165, 1.54) is 11.8 Å². The Labute approximate surface area is 231 Å². The van der Waals surface area contributed by atoms with Crippen LogP contribution in [0.1, 0.15) is 38.5 Å². The van der Waals surface area contributed by atoms with Crippen molar-refractivity contribution in [2.75, 3.05) is 24.4 Å². The summed E-state index contributed by atoms with van der Waals surface area (Å²) in [5, 5.41) is 5.28. The zero-order valence-electron chi connectivity index (χ0n) is 21.5. The first-order valence-electron chi connectivity index (χ1n) is 12.3. The third-order valence-electron chi connectivity index (χ3n) is 5.68. The summed E-state index contributed by atoms with van der Waals surface area (Å²) >= 11 is 1.37. The lowest BCUT2D eigenvalue weighted by Gasteiger charge is -2.18. The maximum Gasteiger partial charge on any atom is 0.338 e. The molecule has 39 heavy (non-hydrogen) atoms. The number of carbonyl (C=O) groups excluding carboxylic acids is 3. The van der Waals surface area contributed by atoms with E-state index in [-0.39, 0.29) is 11.8 Å². The molecule has 0 saturated carbocycles. The predicted molar refractivity (Wildman–Crippen MR) is 153 cm³/mol. The van der Waals surface area contributed by atoms with Gasteiger partial charge in [-0.15, -0.1) is 11.8 Å². The van der Waals surface area contributed by atoms with E-state index in [1.54, 1.807) is 68.6 Å². The van der Waals surface area contributed by atoms with Crippen molar-refractivity contribution in [3.05, 3.63) is 120 Å². The summed E-state index contributed by atoms with van der Waals surface area (Å²) in [5.74, 6) is -0.300. The molecule has 0 aliphatic carbocycles. The minimum absolute atomic E-state index is 0.221. The van der Waals surface area contributed by atoms with E-state index in [2.05, 4.69) is 10.6 Å². The van der Waals surface area contributed by atoms with Gasteiger partial charge in [0.1, 0.15) is 11.0 Å². The molecule has 2 N–H and O–H groups in total. The Morgan fingerprint density at radius 2 is 1.51 bits per heavy atom. The highest BCUT2D eigenvalue weighted by Gasteiger charge is 2.23. The number of amides is 2. The van der Waals surface area contributed by atoms with Crippen molar-refractivity contribution in [1.82, 2.24) is 0 Å². The second-order valence-electron chi connectivity index (χ2n) is 8.41. The molecule has 0 spiro atoms. The first-order valence-corrected chi connectivity index (χ1v) is 13.2. The standard InChI is InChI=1S/C31H28N2O5S/c1-3-38-31(36)22-15-17-24(18-16-22)32-30(35)28(21-9-5-4-6-10-21)39-27-14-8-12-25(20-27)33-29(34)23-11-7-13-26(19-23)37-2/h4-20,28H,3H2,1-2H3,(H,32,35)(H,33,34). The number of hydrogen-bond acceptors (Lipinski definition) is 6. The molecule has 1 unspecified atom stereocenters. The van der Waals surface area contributed by atoms with Crippen LogP contribution in [0.15, 0.2) is 108 Å². The lowest BCUT2D eigenvalue weighted by atomic mass is 10.1. The fraction of sp³-hybridized carbons (Fsp3) is 0.129. The van der Waals surface area contributed by atoms with E-state index in [9.17, 15) is 14.4 Å². The zero-order chi connectivity index (χ0) is 27.6. The summed E-state index contributed by atoms with van der Waals surface area (Å²) in [5.41, 5.74) is 2.89. The topological polar surface area (TPSA) is 93.7 Å². The van der Waals surface area contributed by atoms with E-state index >= 15 is 0 Å². The van der Waals surface area contributed by atoms with Gasteiger partial charge in [0.25, 0.3) is 5.91 Å². The van der Waals surface area contributed by atoms with Crippen LogP contribution in [0.25, 0.3) is 0 Å². The number of hydrogen-bond donors (Lipinski definition) is 2. The molecule has 0 radical (unpaired) electrons. The molecule has 0 aromatic heterocycles. The van der Waals surface area contributed by atoms with Crippen LogP contribution < -0.4 is 15.4 Å². The predicted octanol–water partition coefficient (Wildman–Crippen LogP) is 6.60. The third-order valence-corrected chi connectivity index (χ3v) is 6.93. The summed E-state index contributed by atoms with van der Waals surface area (Å²) in [6, 6.07) is 30.3. The fourth-order valence-electron chi connectivity index (χ4n) is 3.76. The molecule has 2 amide bonds. The molecule has 4 rings (SSSR count). The largest absolute Gasteiger partial charge is 0.497 e. The van der Waals surface area contributed by atoms with Crippen LogP contribution in [0.4, 0.5) is 11.4 Å². The molecule has 198 valence electrons. The van der Waals surface area contributed by atoms with E-state index in [0.717, 1.165) is 10.5 Å². The zero-order valence-corrected chi connectivity index (χ0v) is 22.4. The summed E-state index contributed by atoms with van der Waals surface area (Å²) < 4.78 is 10.2. The Kier molecular flexibility index (Phi) is 9.37. The van der Waals surface area contributed by atoms with E-state index in [1.807, 2.05) is 48.5 Å². The third kappa shape index (κ3) is 7.49. The quantitative estimate of drug-likeness (QED) is 0.174. The van der Waals surface area contributed by atoms with Crippen LogP contribution >= 0.6 is 11.8 Å². The first kappa shape index (κ1) is 27.5. The fourth-order valence-corrected chi connectivity index (χ4v) is 4.85. The number of thioether (sulfide) groups is 1. The number of ether oxygens (including phenoxy) is 2. The molecule has 1 atom stereocenters. The number of benzene rings is 4. The van der Waals surface area contributed by atoms with Crippen LogP contribution in [0.5, 0.6) is 5.75 Å². The number of nitrogens with one attached hydrogen (secondary N) is 2. The molecule has 7 nitrogen and oxygen atoms in total. The van der Waals surface area contributed by atoms with Gasteiger partial charge in [0, 0.05) is 21.8 Å². The Balaban J connectivity index is 1.50. The monoisotopic (exact) mass is 540 g/mol. The first-order chi connectivity index (χ1) is 19.0. The maximum atomic E-state index is 13.4. The second-order valence-corrected chi connectivity index (χ2v) is 9.59. The molecule has 0 saturated heterocycles. The SMILES string of the molecule is CCOC(=O)c1ccc(NC(=O)C(Sc2cccc(NC(=O)c3cccc(OC)c3)c2)c2ccccc2)cc1. The van der Waals surface area contributed by atoms with E-state index in [0.29, 0.717) is 34.9 Å². The second kappa shape index (κ2) is 13.3. The molecular weight excluding hydrogens is 512 g/mol. The van der Waals surface area contributed by atoms with Gasteiger partial charge in [-0.25, -0.2) is 4.79 Å². The van der Waals surface area contributed by atoms with Crippen molar-refractivity contribution >= 4 is 40.9 Å². The molecule has 0 aliphatic rings. The van der Waals surface area contributed by atoms with E-state index < -0.39 is 11.2 Å². The Morgan fingerprint density at radius 1 is 0.769 bits per heavy atom. The van der Waals surface area contributed by atoms with Crippen molar-refractivity contribution in [2.24, 2.45) is 0 Å². The number of anilines is 2. The average molecular weight is 541 g/mol. The van der Waals surface area contributed by atoms with Crippen LogP contribution in [0.3, 0.4) is 0 Å². The number of rotatable bonds is 10. The van der Waals surface area contributed by atoms with Crippen molar-refractivity contribution < 1.29 is 23.9 Å². The highest BCUT2D eigenvalue weighted by atomic mass is 32.2. The van der Waals surface area contributed by atoms with Crippen molar-refractivity contribution in [2.45, 2.75) is 17.1 Å². The molecule has 4 aromatic rings. The van der Waals surface area contributed by atoms with E-state index in [4.69, 9.17) is 9.47 Å². The number of methoxy groups -OCH3 is 1. The van der Waals surface area contributed by atoms with Crippen molar-refractivity contribution in [3.63, 3.8) is 0 Å². The molecule has 8 heteroatoms. The van der Waals surface area contributed by atoms with Crippen molar-refractivity contribution in [1.29, 1.82) is 0 Å². The highest BCUT2D eigenvalue weighted by molar-refractivity contribution is 8.00. The van der Waals surface area contributed by atoms with Gasteiger partial charge in [0.2, 0.25) is 5.91 Å². The Bertz CT molecular complexity index is 1440. The number of carbonyl (C=O) groups is 3. The average Bonchev–Trinajstić information content (AvgIpc) is 2.97. The van der Waals surface area contributed by atoms with Gasteiger partial charge < -0.3 is 20.1 Å². The van der Waals surface area contributed by atoms with Crippen LogP contribution in [-0.4, -0.2) is 31.5 Å². The van der Waals surface area contributed by atoms with Crippen molar-refractivity contribution in [3.8, 4) is 5.75 Å². The molecule has 0 fully saturated rings. The Morgan fingerprint density at radius 3 is 2.23 bits per heavy atom. The minimum Gasteiger partial charge on any atom is -0.497 e. The van der Waals surface area contributed by atoms with Gasteiger partial charge in [-0.1, -0.05) is 42.5 Å². The molecule has 0 bridgehead atoms. The molecule has 4 aromatic carbocycles. The summed E-state index contributed by atoms with van der Waals surface area (Å²) in [7, 11) is 1.55. The van der Waals surface area contributed by atoms with Gasteiger partial charge in [-0.05, 0) is 73.2 Å². The molecule has 0 heterocycles.